The first-order valence-electron chi connectivity index (χ1n) is 6.61. The van der Waals surface area contributed by atoms with Gasteiger partial charge in [0.05, 0.1) is 0 Å². The molecule has 1 aliphatic rings. The highest BCUT2D eigenvalue weighted by molar-refractivity contribution is 5.81. The van der Waals surface area contributed by atoms with Crippen LogP contribution in [0.5, 0.6) is 0 Å². The van der Waals surface area contributed by atoms with Gasteiger partial charge in [-0.25, -0.2) is 0 Å². The van der Waals surface area contributed by atoms with Crippen molar-refractivity contribution in [1.29, 1.82) is 0 Å². The van der Waals surface area contributed by atoms with Crippen molar-refractivity contribution >= 4 is 11.7 Å². The van der Waals surface area contributed by atoms with Gasteiger partial charge in [0, 0.05) is 18.8 Å². The van der Waals surface area contributed by atoms with Crippen LogP contribution in [0.25, 0.3) is 0 Å². The molecule has 0 spiro atoms. The van der Waals surface area contributed by atoms with E-state index in [9.17, 15) is 9.90 Å². The standard InChI is InChI=1S/C15H22N2O2/c1-14(2,3)11-6-4-5-7-12(11)17-9-8-15(16,10-17)13(18)19/h4-7H,8-10,16H2,1-3H3,(H,18,19). The molecule has 0 amide bonds. The van der Waals surface area contributed by atoms with Gasteiger partial charge in [-0.3, -0.25) is 4.79 Å². The number of rotatable bonds is 2. The maximum Gasteiger partial charge on any atom is 0.325 e. The number of benzene rings is 1. The molecule has 4 nitrogen and oxygen atoms in total. The van der Waals surface area contributed by atoms with Crippen LogP contribution in [-0.2, 0) is 10.2 Å². The Kier molecular flexibility index (Phi) is 3.31. The molecule has 1 aromatic rings. The van der Waals surface area contributed by atoms with Crippen LogP contribution in [0.15, 0.2) is 24.3 Å². The zero-order chi connectivity index (χ0) is 14.3. The molecule has 2 rings (SSSR count). The largest absolute Gasteiger partial charge is 0.480 e. The lowest BCUT2D eigenvalue weighted by atomic mass is 9.85. The van der Waals surface area contributed by atoms with Gasteiger partial charge in [0.15, 0.2) is 0 Å². The molecule has 0 aliphatic carbocycles. The number of aliphatic carboxylic acids is 1. The SMILES string of the molecule is CC(C)(C)c1ccccc1N1CCC(N)(C(=O)O)C1. The third-order valence-corrected chi connectivity index (χ3v) is 3.78. The first kappa shape index (κ1) is 13.9. The van der Waals surface area contributed by atoms with Crippen LogP contribution in [-0.4, -0.2) is 29.7 Å². The Morgan fingerprint density at radius 2 is 2.00 bits per heavy atom. The van der Waals surface area contributed by atoms with Gasteiger partial charge in [0.1, 0.15) is 5.54 Å². The molecule has 1 aromatic carbocycles. The normalized spacial score (nSPS) is 23.7. The lowest BCUT2D eigenvalue weighted by Gasteiger charge is -2.29. The van der Waals surface area contributed by atoms with Crippen LogP contribution in [0.3, 0.4) is 0 Å². The highest BCUT2D eigenvalue weighted by atomic mass is 16.4. The summed E-state index contributed by atoms with van der Waals surface area (Å²) in [5.74, 6) is -0.914. The van der Waals surface area contributed by atoms with Crippen LogP contribution >= 0.6 is 0 Å². The minimum Gasteiger partial charge on any atom is -0.480 e. The van der Waals surface area contributed by atoms with Crippen LogP contribution in [0.2, 0.25) is 0 Å². The van der Waals surface area contributed by atoms with Crippen molar-refractivity contribution < 1.29 is 9.90 Å². The molecule has 1 unspecified atom stereocenters. The lowest BCUT2D eigenvalue weighted by molar-refractivity contribution is -0.142. The lowest BCUT2D eigenvalue weighted by Crippen LogP contribution is -2.50. The number of hydrogen-bond donors (Lipinski definition) is 2. The average molecular weight is 262 g/mol. The van der Waals surface area contributed by atoms with Crippen LogP contribution in [0.4, 0.5) is 5.69 Å². The van der Waals surface area contributed by atoms with Crippen LogP contribution < -0.4 is 10.6 Å². The predicted molar refractivity (Wildman–Crippen MR) is 76.5 cm³/mol. The summed E-state index contributed by atoms with van der Waals surface area (Å²) in [6.07, 6.45) is 0.487. The predicted octanol–water partition coefficient (Wildman–Crippen LogP) is 1.98. The van der Waals surface area contributed by atoms with Crippen molar-refractivity contribution in [2.75, 3.05) is 18.0 Å². The molecule has 1 atom stereocenters. The van der Waals surface area contributed by atoms with Gasteiger partial charge in [-0.15, -0.1) is 0 Å². The van der Waals surface area contributed by atoms with Crippen molar-refractivity contribution in [1.82, 2.24) is 0 Å². The topological polar surface area (TPSA) is 66.6 Å². The summed E-state index contributed by atoms with van der Waals surface area (Å²) < 4.78 is 0. The smallest absolute Gasteiger partial charge is 0.325 e. The number of carboxylic acids is 1. The molecular weight excluding hydrogens is 240 g/mol. The maximum absolute atomic E-state index is 11.2. The first-order chi connectivity index (χ1) is 8.74. The highest BCUT2D eigenvalue weighted by Gasteiger charge is 2.42. The average Bonchev–Trinajstić information content (AvgIpc) is 2.72. The van der Waals surface area contributed by atoms with Gasteiger partial charge in [-0.2, -0.15) is 0 Å². The second-order valence-electron chi connectivity index (χ2n) is 6.40. The van der Waals surface area contributed by atoms with Crippen molar-refractivity contribution in [2.45, 2.75) is 38.1 Å². The molecule has 1 aliphatic heterocycles. The highest BCUT2D eigenvalue weighted by Crippen LogP contribution is 2.34. The Labute approximate surface area is 114 Å². The van der Waals surface area contributed by atoms with Crippen LogP contribution in [0.1, 0.15) is 32.8 Å². The zero-order valence-electron chi connectivity index (χ0n) is 11.8. The Bertz CT molecular complexity index is 493. The summed E-state index contributed by atoms with van der Waals surface area (Å²) in [5.41, 5.74) is 7.18. The minimum atomic E-state index is -1.12. The van der Waals surface area contributed by atoms with E-state index in [4.69, 9.17) is 5.73 Å². The number of hydrogen-bond acceptors (Lipinski definition) is 3. The summed E-state index contributed by atoms with van der Waals surface area (Å²) in [5, 5.41) is 9.21. The van der Waals surface area contributed by atoms with Gasteiger partial charge in [0.2, 0.25) is 0 Å². The van der Waals surface area contributed by atoms with E-state index in [2.05, 4.69) is 31.7 Å². The van der Waals surface area contributed by atoms with Gasteiger partial charge < -0.3 is 15.7 Å². The Hall–Kier alpha value is -1.55. The third kappa shape index (κ3) is 2.59. The van der Waals surface area contributed by atoms with E-state index >= 15 is 0 Å². The van der Waals surface area contributed by atoms with Crippen LogP contribution in [0, 0.1) is 0 Å². The van der Waals surface area contributed by atoms with E-state index in [1.165, 1.54) is 5.56 Å². The first-order valence-corrected chi connectivity index (χ1v) is 6.61. The third-order valence-electron chi connectivity index (χ3n) is 3.78. The summed E-state index contributed by atoms with van der Waals surface area (Å²) in [4.78, 5) is 13.3. The van der Waals surface area contributed by atoms with E-state index in [1.54, 1.807) is 0 Å². The summed E-state index contributed by atoms with van der Waals surface area (Å²) >= 11 is 0. The van der Waals surface area contributed by atoms with Crippen molar-refractivity contribution in [2.24, 2.45) is 5.73 Å². The Morgan fingerprint density at radius 1 is 1.37 bits per heavy atom. The number of anilines is 1. The fraction of sp³-hybridized carbons (Fsp3) is 0.533. The van der Waals surface area contributed by atoms with E-state index in [0.717, 1.165) is 5.69 Å². The Morgan fingerprint density at radius 3 is 2.53 bits per heavy atom. The quantitative estimate of drug-likeness (QED) is 0.855. The zero-order valence-corrected chi connectivity index (χ0v) is 11.8. The number of carbonyl (C=O) groups is 1. The molecular formula is C15H22N2O2. The molecule has 0 bridgehead atoms. The summed E-state index contributed by atoms with van der Waals surface area (Å²) in [7, 11) is 0. The minimum absolute atomic E-state index is 0.0274. The molecule has 3 N–H and O–H groups in total. The molecule has 0 radical (unpaired) electrons. The van der Waals surface area contributed by atoms with Crippen molar-refractivity contribution in [3.63, 3.8) is 0 Å². The second kappa shape index (κ2) is 4.53. The van der Waals surface area contributed by atoms with Gasteiger partial charge in [-0.05, 0) is 23.5 Å². The molecule has 1 saturated heterocycles. The van der Waals surface area contributed by atoms with E-state index in [1.807, 2.05) is 18.2 Å². The van der Waals surface area contributed by atoms with Gasteiger partial charge in [-0.1, -0.05) is 39.0 Å². The summed E-state index contributed by atoms with van der Waals surface area (Å²) in [6, 6.07) is 8.16. The molecule has 19 heavy (non-hydrogen) atoms. The molecule has 104 valence electrons. The number of nitrogens with zero attached hydrogens (tertiary/aromatic N) is 1. The van der Waals surface area contributed by atoms with Gasteiger partial charge in [0.25, 0.3) is 0 Å². The summed E-state index contributed by atoms with van der Waals surface area (Å²) in [6.45, 7) is 7.55. The van der Waals surface area contributed by atoms with E-state index in [-0.39, 0.29) is 5.41 Å². The molecule has 1 heterocycles. The van der Waals surface area contributed by atoms with E-state index in [0.29, 0.717) is 19.5 Å². The molecule has 1 fully saturated rings. The number of nitrogens with two attached hydrogens (primary N) is 1. The van der Waals surface area contributed by atoms with E-state index < -0.39 is 11.5 Å². The monoisotopic (exact) mass is 262 g/mol. The Balaban J connectivity index is 2.33. The van der Waals surface area contributed by atoms with Crippen molar-refractivity contribution in [3.8, 4) is 0 Å². The fourth-order valence-electron chi connectivity index (χ4n) is 2.60. The molecule has 4 heteroatoms. The van der Waals surface area contributed by atoms with Gasteiger partial charge >= 0.3 is 5.97 Å². The molecule has 0 aromatic heterocycles. The number of carboxylic acid groups (broad SMARTS) is 1. The maximum atomic E-state index is 11.2. The molecule has 0 saturated carbocycles. The fourth-order valence-corrected chi connectivity index (χ4v) is 2.60. The number of para-hydroxylation sites is 1. The van der Waals surface area contributed by atoms with Crippen molar-refractivity contribution in [3.05, 3.63) is 29.8 Å². The second-order valence-corrected chi connectivity index (χ2v) is 6.40.